The second-order valence-corrected chi connectivity index (χ2v) is 4.32. The van der Waals surface area contributed by atoms with Crippen LogP contribution in [0.5, 0.6) is 5.75 Å². The van der Waals surface area contributed by atoms with Crippen LogP contribution in [-0.2, 0) is 6.61 Å². The number of hydrogen-bond donors (Lipinski definition) is 1. The highest BCUT2D eigenvalue weighted by Crippen LogP contribution is 2.20. The van der Waals surface area contributed by atoms with Gasteiger partial charge in [0.25, 0.3) is 0 Å². The molecule has 0 fully saturated rings. The van der Waals surface area contributed by atoms with Gasteiger partial charge in [-0.05, 0) is 42.0 Å². The van der Waals surface area contributed by atoms with Crippen LogP contribution >= 0.6 is 0 Å². The molecule has 0 atom stereocenters. The number of benzene rings is 2. The molecule has 2 aromatic carbocycles. The van der Waals surface area contributed by atoms with Gasteiger partial charge in [0.2, 0.25) is 0 Å². The fraction of sp³-hybridized carbons (Fsp3) is 0.0625. The molecule has 3 aromatic rings. The van der Waals surface area contributed by atoms with Gasteiger partial charge in [-0.15, -0.1) is 0 Å². The van der Waals surface area contributed by atoms with Crippen molar-refractivity contribution in [2.75, 3.05) is 0 Å². The van der Waals surface area contributed by atoms with Crippen LogP contribution in [0.15, 0.2) is 54.7 Å². The quantitative estimate of drug-likeness (QED) is 0.769. The maximum atomic E-state index is 8.73. The van der Waals surface area contributed by atoms with E-state index in [1.807, 2.05) is 42.6 Å². The normalized spacial score (nSPS) is 10.3. The minimum atomic E-state index is 0.502. The Hall–Kier alpha value is -2.73. The highest BCUT2D eigenvalue weighted by molar-refractivity contribution is 5.80. The van der Waals surface area contributed by atoms with Crippen molar-refractivity contribution in [1.29, 1.82) is 5.26 Å². The van der Waals surface area contributed by atoms with Crippen molar-refractivity contribution in [3.63, 3.8) is 0 Å². The number of nitriles is 1. The monoisotopic (exact) mass is 248 g/mol. The Kier molecular flexibility index (Phi) is 2.91. The molecule has 0 unspecified atom stereocenters. The van der Waals surface area contributed by atoms with Crippen LogP contribution in [0.4, 0.5) is 0 Å². The Morgan fingerprint density at radius 3 is 2.68 bits per heavy atom. The van der Waals surface area contributed by atoms with Crippen molar-refractivity contribution >= 4 is 10.9 Å². The van der Waals surface area contributed by atoms with E-state index in [0.29, 0.717) is 12.2 Å². The molecule has 1 aromatic heterocycles. The molecule has 0 aliphatic carbocycles. The van der Waals surface area contributed by atoms with E-state index in [9.17, 15) is 0 Å². The topological polar surface area (TPSA) is 48.8 Å². The second-order valence-electron chi connectivity index (χ2n) is 4.32. The van der Waals surface area contributed by atoms with Gasteiger partial charge in [0.1, 0.15) is 12.4 Å². The first-order valence-corrected chi connectivity index (χ1v) is 6.04. The fourth-order valence-corrected chi connectivity index (χ4v) is 1.96. The molecule has 0 spiro atoms. The van der Waals surface area contributed by atoms with Crippen LogP contribution in [0.2, 0.25) is 0 Å². The zero-order valence-electron chi connectivity index (χ0n) is 10.3. The summed E-state index contributed by atoms with van der Waals surface area (Å²) in [6.45, 7) is 0.502. The number of hydrogen-bond acceptors (Lipinski definition) is 2. The summed E-state index contributed by atoms with van der Waals surface area (Å²) in [5.74, 6) is 0.844. The molecule has 0 aliphatic rings. The molecule has 19 heavy (non-hydrogen) atoms. The van der Waals surface area contributed by atoms with Crippen LogP contribution in [0.3, 0.4) is 0 Å². The third-order valence-electron chi connectivity index (χ3n) is 3.01. The molecule has 92 valence electrons. The molecule has 3 nitrogen and oxygen atoms in total. The van der Waals surface area contributed by atoms with Gasteiger partial charge in [-0.2, -0.15) is 5.26 Å². The number of aromatic amines is 1. The van der Waals surface area contributed by atoms with Crippen molar-refractivity contribution in [3.8, 4) is 11.8 Å². The number of ether oxygens (including phenoxy) is 1. The second kappa shape index (κ2) is 4.87. The summed E-state index contributed by atoms with van der Waals surface area (Å²) in [7, 11) is 0. The molecule has 1 heterocycles. The average molecular weight is 248 g/mol. The molecule has 0 aliphatic heterocycles. The lowest BCUT2D eigenvalue weighted by molar-refractivity contribution is 0.306. The summed E-state index contributed by atoms with van der Waals surface area (Å²) >= 11 is 0. The first kappa shape index (κ1) is 11.4. The van der Waals surface area contributed by atoms with E-state index in [2.05, 4.69) is 11.1 Å². The zero-order valence-corrected chi connectivity index (χ0v) is 10.3. The van der Waals surface area contributed by atoms with Gasteiger partial charge in [-0.1, -0.05) is 12.1 Å². The van der Waals surface area contributed by atoms with Crippen molar-refractivity contribution in [3.05, 3.63) is 65.9 Å². The van der Waals surface area contributed by atoms with E-state index in [1.54, 1.807) is 12.1 Å². The Morgan fingerprint density at radius 1 is 1.05 bits per heavy atom. The summed E-state index contributed by atoms with van der Waals surface area (Å²) in [6.07, 6.45) is 1.91. The van der Waals surface area contributed by atoms with Crippen LogP contribution in [0.1, 0.15) is 11.1 Å². The Labute approximate surface area is 111 Å². The molecule has 1 N–H and O–H groups in total. The van der Waals surface area contributed by atoms with Gasteiger partial charge in [-0.25, -0.2) is 0 Å². The van der Waals surface area contributed by atoms with E-state index in [4.69, 9.17) is 10.00 Å². The maximum Gasteiger partial charge on any atom is 0.120 e. The van der Waals surface area contributed by atoms with Gasteiger partial charge < -0.3 is 9.72 Å². The number of H-pyrrole nitrogens is 1. The van der Waals surface area contributed by atoms with Crippen LogP contribution in [0, 0.1) is 11.3 Å². The minimum absolute atomic E-state index is 0.502. The van der Waals surface area contributed by atoms with Gasteiger partial charge in [0.05, 0.1) is 11.6 Å². The SMILES string of the molecule is N#Cc1ccc(COc2ccc3[nH]ccc3c2)cc1. The van der Waals surface area contributed by atoms with E-state index in [1.165, 1.54) is 0 Å². The Bertz CT molecular complexity index is 735. The van der Waals surface area contributed by atoms with E-state index >= 15 is 0 Å². The predicted octanol–water partition coefficient (Wildman–Crippen LogP) is 3.62. The number of aromatic nitrogens is 1. The van der Waals surface area contributed by atoms with E-state index in [-0.39, 0.29) is 0 Å². The van der Waals surface area contributed by atoms with Crippen molar-refractivity contribution in [2.45, 2.75) is 6.61 Å². The van der Waals surface area contributed by atoms with Crippen LogP contribution < -0.4 is 4.74 Å². The third-order valence-corrected chi connectivity index (χ3v) is 3.01. The number of nitrogens with one attached hydrogen (secondary N) is 1. The van der Waals surface area contributed by atoms with Gasteiger partial charge in [0, 0.05) is 17.1 Å². The van der Waals surface area contributed by atoms with Crippen LogP contribution in [-0.4, -0.2) is 4.98 Å². The molecule has 0 bridgehead atoms. The molecule has 0 amide bonds. The predicted molar refractivity (Wildman–Crippen MR) is 73.8 cm³/mol. The zero-order chi connectivity index (χ0) is 13.1. The van der Waals surface area contributed by atoms with Crippen molar-refractivity contribution < 1.29 is 4.74 Å². The highest BCUT2D eigenvalue weighted by Gasteiger charge is 1.99. The first-order valence-electron chi connectivity index (χ1n) is 6.04. The number of fused-ring (bicyclic) bond motifs is 1. The van der Waals surface area contributed by atoms with Crippen molar-refractivity contribution in [2.24, 2.45) is 0 Å². The van der Waals surface area contributed by atoms with Crippen molar-refractivity contribution in [1.82, 2.24) is 4.98 Å². The molecular formula is C16H12N2O. The Balaban J connectivity index is 1.72. The van der Waals surface area contributed by atoms with E-state index in [0.717, 1.165) is 22.2 Å². The third kappa shape index (κ3) is 2.43. The average Bonchev–Trinajstić information content (AvgIpc) is 2.93. The lowest BCUT2D eigenvalue weighted by Gasteiger charge is -2.06. The number of nitrogens with zero attached hydrogens (tertiary/aromatic N) is 1. The number of rotatable bonds is 3. The summed E-state index contributed by atoms with van der Waals surface area (Å²) in [4.78, 5) is 3.15. The summed E-state index contributed by atoms with van der Waals surface area (Å²) in [5.41, 5.74) is 2.82. The van der Waals surface area contributed by atoms with Gasteiger partial charge in [0.15, 0.2) is 0 Å². The molecule has 3 heteroatoms. The molecule has 0 saturated heterocycles. The van der Waals surface area contributed by atoms with Crippen LogP contribution in [0.25, 0.3) is 10.9 Å². The van der Waals surface area contributed by atoms with E-state index < -0.39 is 0 Å². The molecule has 3 rings (SSSR count). The lowest BCUT2D eigenvalue weighted by Crippen LogP contribution is -1.95. The summed E-state index contributed by atoms with van der Waals surface area (Å²) < 4.78 is 5.75. The molecule has 0 radical (unpaired) electrons. The summed E-state index contributed by atoms with van der Waals surface area (Å²) in [5, 5.41) is 9.87. The molecule has 0 saturated carbocycles. The maximum absolute atomic E-state index is 8.73. The van der Waals surface area contributed by atoms with Gasteiger partial charge >= 0.3 is 0 Å². The van der Waals surface area contributed by atoms with Gasteiger partial charge in [-0.3, -0.25) is 0 Å². The molecular weight excluding hydrogens is 236 g/mol. The standard InChI is InChI=1S/C16H12N2O/c17-10-12-1-3-13(4-2-12)11-19-15-5-6-16-14(9-15)7-8-18-16/h1-9,18H,11H2. The Morgan fingerprint density at radius 2 is 1.89 bits per heavy atom. The fourth-order valence-electron chi connectivity index (χ4n) is 1.96. The lowest BCUT2D eigenvalue weighted by atomic mass is 10.1. The highest BCUT2D eigenvalue weighted by atomic mass is 16.5. The first-order chi connectivity index (χ1) is 9.35. The smallest absolute Gasteiger partial charge is 0.120 e. The largest absolute Gasteiger partial charge is 0.489 e. The summed E-state index contributed by atoms with van der Waals surface area (Å²) in [6, 6.07) is 17.5. The minimum Gasteiger partial charge on any atom is -0.489 e.